The molecule has 0 radical (unpaired) electrons. The number of fused-ring (bicyclic) bond motifs is 1. The highest BCUT2D eigenvalue weighted by Crippen LogP contribution is 2.37. The van der Waals surface area contributed by atoms with Gasteiger partial charge in [-0.05, 0) is 25.0 Å². The second-order valence-corrected chi connectivity index (χ2v) is 5.00. The summed E-state index contributed by atoms with van der Waals surface area (Å²) in [5.41, 5.74) is 1.57. The molecule has 1 aromatic rings. The van der Waals surface area contributed by atoms with E-state index in [1.165, 1.54) is 0 Å². The molecule has 2 N–H and O–H groups in total. The van der Waals surface area contributed by atoms with Crippen LogP contribution in [0, 0.1) is 0 Å². The van der Waals surface area contributed by atoms with Crippen LogP contribution >= 0.6 is 0 Å². The van der Waals surface area contributed by atoms with Crippen LogP contribution in [0.15, 0.2) is 18.2 Å². The third-order valence-corrected chi connectivity index (χ3v) is 2.87. The molecular weight excluding hydrogens is 220 g/mol. The van der Waals surface area contributed by atoms with Crippen molar-refractivity contribution >= 4 is 5.97 Å². The zero-order chi connectivity index (χ0) is 12.6. The fourth-order valence-corrected chi connectivity index (χ4v) is 2.14. The van der Waals surface area contributed by atoms with E-state index >= 15 is 0 Å². The van der Waals surface area contributed by atoms with Crippen LogP contribution in [0.3, 0.4) is 0 Å². The second kappa shape index (κ2) is 4.04. The Labute approximate surface area is 99.8 Å². The van der Waals surface area contributed by atoms with Gasteiger partial charge in [0.1, 0.15) is 11.4 Å². The molecule has 1 aromatic carbocycles. The first kappa shape index (κ1) is 11.9. The van der Waals surface area contributed by atoms with Crippen molar-refractivity contribution in [2.45, 2.75) is 38.4 Å². The summed E-state index contributed by atoms with van der Waals surface area (Å²) in [5.74, 6) is -0.474. The highest BCUT2D eigenvalue weighted by Gasteiger charge is 2.32. The molecule has 0 saturated carbocycles. The van der Waals surface area contributed by atoms with E-state index in [4.69, 9.17) is 9.84 Å². The SMILES string of the molecule is CC1(C)Cc2cccc(CC(O)C(=O)O)c2O1. The van der Waals surface area contributed by atoms with E-state index in [9.17, 15) is 9.90 Å². The molecule has 0 aromatic heterocycles. The zero-order valence-corrected chi connectivity index (χ0v) is 9.93. The summed E-state index contributed by atoms with van der Waals surface area (Å²) in [7, 11) is 0. The Hall–Kier alpha value is -1.55. The van der Waals surface area contributed by atoms with Crippen LogP contribution in [-0.4, -0.2) is 27.9 Å². The Morgan fingerprint density at radius 3 is 2.88 bits per heavy atom. The van der Waals surface area contributed by atoms with Gasteiger partial charge in [0, 0.05) is 12.8 Å². The van der Waals surface area contributed by atoms with E-state index in [2.05, 4.69) is 0 Å². The lowest BCUT2D eigenvalue weighted by Crippen LogP contribution is -2.25. The van der Waals surface area contributed by atoms with Crippen molar-refractivity contribution in [1.82, 2.24) is 0 Å². The summed E-state index contributed by atoms with van der Waals surface area (Å²) in [6.07, 6.45) is -0.498. The molecule has 0 saturated heterocycles. The molecule has 2 rings (SSSR count). The van der Waals surface area contributed by atoms with Crippen molar-refractivity contribution < 1.29 is 19.7 Å². The standard InChI is InChI=1S/C13H16O4/c1-13(2)7-9-5-3-4-8(11(9)17-13)6-10(14)12(15)16/h3-5,10,14H,6-7H2,1-2H3,(H,15,16). The van der Waals surface area contributed by atoms with Gasteiger partial charge in [0.05, 0.1) is 0 Å². The van der Waals surface area contributed by atoms with Gasteiger partial charge < -0.3 is 14.9 Å². The average Bonchev–Trinajstić information content (AvgIpc) is 2.53. The smallest absolute Gasteiger partial charge is 0.332 e. The minimum absolute atomic E-state index is 0.0780. The van der Waals surface area contributed by atoms with Crippen molar-refractivity contribution in [2.24, 2.45) is 0 Å². The van der Waals surface area contributed by atoms with E-state index in [1.807, 2.05) is 26.0 Å². The van der Waals surface area contributed by atoms with Crippen LogP contribution in [0.1, 0.15) is 25.0 Å². The molecule has 0 fully saturated rings. The number of aliphatic hydroxyl groups is 1. The molecule has 1 heterocycles. The van der Waals surface area contributed by atoms with Gasteiger partial charge in [-0.15, -0.1) is 0 Å². The number of rotatable bonds is 3. The molecule has 1 atom stereocenters. The molecule has 0 bridgehead atoms. The fourth-order valence-electron chi connectivity index (χ4n) is 2.14. The molecule has 4 heteroatoms. The summed E-state index contributed by atoms with van der Waals surface area (Å²) < 4.78 is 5.80. The van der Waals surface area contributed by atoms with Crippen LogP contribution in [-0.2, 0) is 17.6 Å². The van der Waals surface area contributed by atoms with Crippen molar-refractivity contribution in [3.8, 4) is 5.75 Å². The summed E-state index contributed by atoms with van der Waals surface area (Å²) >= 11 is 0. The van der Waals surface area contributed by atoms with Gasteiger partial charge in [0.25, 0.3) is 0 Å². The molecule has 0 amide bonds. The first-order valence-corrected chi connectivity index (χ1v) is 5.60. The molecule has 92 valence electrons. The van der Waals surface area contributed by atoms with E-state index in [0.717, 1.165) is 23.3 Å². The number of benzene rings is 1. The highest BCUT2D eigenvalue weighted by atomic mass is 16.5. The first-order valence-electron chi connectivity index (χ1n) is 5.60. The largest absolute Gasteiger partial charge is 0.487 e. The molecule has 1 aliphatic rings. The van der Waals surface area contributed by atoms with Gasteiger partial charge in [-0.25, -0.2) is 4.79 Å². The lowest BCUT2D eigenvalue weighted by molar-refractivity contribution is -0.146. The summed E-state index contributed by atoms with van der Waals surface area (Å²) in [5, 5.41) is 18.1. The number of carboxylic acids is 1. The van der Waals surface area contributed by atoms with Crippen molar-refractivity contribution in [1.29, 1.82) is 0 Å². The number of hydrogen-bond donors (Lipinski definition) is 2. The van der Waals surface area contributed by atoms with Crippen LogP contribution in [0.2, 0.25) is 0 Å². The predicted molar refractivity (Wildman–Crippen MR) is 62.2 cm³/mol. The van der Waals surface area contributed by atoms with Gasteiger partial charge in [-0.3, -0.25) is 0 Å². The molecule has 1 unspecified atom stereocenters. The Morgan fingerprint density at radius 2 is 2.24 bits per heavy atom. The Kier molecular flexibility index (Phi) is 2.83. The number of carbonyl (C=O) groups is 1. The number of ether oxygens (including phenoxy) is 1. The maximum atomic E-state index is 10.6. The van der Waals surface area contributed by atoms with Gasteiger partial charge in [0.2, 0.25) is 0 Å². The third-order valence-electron chi connectivity index (χ3n) is 2.87. The summed E-state index contributed by atoms with van der Waals surface area (Å²) in [6.45, 7) is 3.98. The van der Waals surface area contributed by atoms with Crippen molar-refractivity contribution in [3.05, 3.63) is 29.3 Å². The highest BCUT2D eigenvalue weighted by molar-refractivity contribution is 5.72. The molecule has 1 aliphatic heterocycles. The predicted octanol–water partition coefficient (Wildman–Crippen LogP) is 1.39. The zero-order valence-electron chi connectivity index (χ0n) is 9.93. The number of aliphatic hydroxyl groups excluding tert-OH is 1. The van der Waals surface area contributed by atoms with Crippen molar-refractivity contribution in [2.75, 3.05) is 0 Å². The summed E-state index contributed by atoms with van der Waals surface area (Å²) in [6, 6.07) is 5.64. The Bertz CT molecular complexity index is 451. The molecule has 4 nitrogen and oxygen atoms in total. The number of aliphatic carboxylic acids is 1. The van der Waals surface area contributed by atoms with Gasteiger partial charge in [-0.2, -0.15) is 0 Å². The number of carboxylic acid groups (broad SMARTS) is 1. The van der Waals surface area contributed by atoms with Crippen LogP contribution in [0.4, 0.5) is 0 Å². The lowest BCUT2D eigenvalue weighted by atomic mass is 9.99. The lowest BCUT2D eigenvalue weighted by Gasteiger charge is -2.18. The van der Waals surface area contributed by atoms with Gasteiger partial charge in [0.15, 0.2) is 6.10 Å². The maximum Gasteiger partial charge on any atom is 0.332 e. The fraction of sp³-hybridized carbons (Fsp3) is 0.462. The average molecular weight is 236 g/mol. The Morgan fingerprint density at radius 1 is 1.53 bits per heavy atom. The third kappa shape index (κ3) is 2.42. The Balaban J connectivity index is 2.27. The van der Waals surface area contributed by atoms with Crippen LogP contribution < -0.4 is 4.74 Å². The minimum atomic E-state index is -1.38. The maximum absolute atomic E-state index is 10.6. The number of para-hydroxylation sites is 1. The molecular formula is C13H16O4. The van der Waals surface area contributed by atoms with Crippen LogP contribution in [0.5, 0.6) is 5.75 Å². The van der Waals surface area contributed by atoms with E-state index < -0.39 is 12.1 Å². The monoisotopic (exact) mass is 236 g/mol. The first-order chi connectivity index (χ1) is 7.89. The molecule has 17 heavy (non-hydrogen) atoms. The minimum Gasteiger partial charge on any atom is -0.487 e. The summed E-state index contributed by atoms with van der Waals surface area (Å²) in [4.78, 5) is 10.6. The quantitative estimate of drug-likeness (QED) is 0.832. The van der Waals surface area contributed by atoms with Gasteiger partial charge in [-0.1, -0.05) is 18.2 Å². The molecule has 0 spiro atoms. The van der Waals surface area contributed by atoms with E-state index in [1.54, 1.807) is 6.07 Å². The van der Waals surface area contributed by atoms with Gasteiger partial charge >= 0.3 is 5.97 Å². The normalized spacial score (nSPS) is 18.3. The number of hydrogen-bond acceptors (Lipinski definition) is 3. The second-order valence-electron chi connectivity index (χ2n) is 5.00. The van der Waals surface area contributed by atoms with Crippen LogP contribution in [0.25, 0.3) is 0 Å². The van der Waals surface area contributed by atoms with Crippen molar-refractivity contribution in [3.63, 3.8) is 0 Å². The van der Waals surface area contributed by atoms with E-state index in [0.29, 0.717) is 0 Å². The molecule has 0 aliphatic carbocycles. The van der Waals surface area contributed by atoms with E-state index in [-0.39, 0.29) is 12.0 Å². The topological polar surface area (TPSA) is 66.8 Å².